The van der Waals surface area contributed by atoms with Gasteiger partial charge in [-0.2, -0.15) is 0 Å². The van der Waals surface area contributed by atoms with Crippen LogP contribution in [-0.2, 0) is 6.54 Å². The van der Waals surface area contributed by atoms with Crippen LogP contribution in [0.5, 0.6) is 0 Å². The van der Waals surface area contributed by atoms with Gasteiger partial charge in [0.1, 0.15) is 0 Å². The van der Waals surface area contributed by atoms with E-state index in [0.717, 1.165) is 19.0 Å². The van der Waals surface area contributed by atoms with Crippen molar-refractivity contribution in [2.24, 2.45) is 0 Å². The predicted octanol–water partition coefficient (Wildman–Crippen LogP) is 2.29. The predicted molar refractivity (Wildman–Crippen MR) is 88.7 cm³/mol. The van der Waals surface area contributed by atoms with E-state index in [-0.39, 0.29) is 0 Å². The highest BCUT2D eigenvalue weighted by Gasteiger charge is 2.25. The van der Waals surface area contributed by atoms with Crippen molar-refractivity contribution in [3.8, 4) is 0 Å². The number of nitrogens with one attached hydrogen (secondary N) is 1. The number of rotatable bonds is 7. The van der Waals surface area contributed by atoms with Crippen LogP contribution in [0.3, 0.4) is 0 Å². The summed E-state index contributed by atoms with van der Waals surface area (Å²) in [6.45, 7) is 8.33. The number of nitrogens with zero attached hydrogens (tertiary/aromatic N) is 2. The van der Waals surface area contributed by atoms with E-state index in [9.17, 15) is 0 Å². The smallest absolute Gasteiger partial charge is 0.0208 e. The van der Waals surface area contributed by atoms with E-state index in [1.807, 2.05) is 0 Å². The summed E-state index contributed by atoms with van der Waals surface area (Å²) >= 11 is 0. The number of hydrogen-bond donors (Lipinski definition) is 1. The van der Waals surface area contributed by atoms with Gasteiger partial charge in [0.25, 0.3) is 0 Å². The van der Waals surface area contributed by atoms with Crippen LogP contribution in [0.2, 0.25) is 0 Å². The van der Waals surface area contributed by atoms with Crippen molar-refractivity contribution < 1.29 is 0 Å². The van der Waals surface area contributed by atoms with Gasteiger partial charge in [0, 0.05) is 32.7 Å². The largest absolute Gasteiger partial charge is 0.313 e. The molecule has 1 aromatic carbocycles. The van der Waals surface area contributed by atoms with Gasteiger partial charge in [-0.1, -0.05) is 24.3 Å². The maximum absolute atomic E-state index is 3.64. The molecule has 1 saturated heterocycles. The molecule has 116 valence electrons. The molecule has 0 spiro atoms. The molecule has 3 heteroatoms. The zero-order chi connectivity index (χ0) is 14.5. The van der Waals surface area contributed by atoms with Gasteiger partial charge in [0.05, 0.1) is 0 Å². The molecule has 1 saturated carbocycles. The molecule has 21 heavy (non-hydrogen) atoms. The minimum Gasteiger partial charge on any atom is -0.313 e. The number of hydrogen-bond acceptors (Lipinski definition) is 3. The van der Waals surface area contributed by atoms with Crippen LogP contribution < -0.4 is 5.32 Å². The van der Waals surface area contributed by atoms with Crippen LogP contribution in [-0.4, -0.2) is 56.1 Å². The average molecular weight is 287 g/mol. The molecular formula is C18H29N3. The van der Waals surface area contributed by atoms with E-state index in [0.29, 0.717) is 0 Å². The maximum atomic E-state index is 3.64. The fraction of sp³-hybridized carbons (Fsp3) is 0.667. The number of piperazine rings is 1. The lowest BCUT2D eigenvalue weighted by molar-refractivity contribution is 0.153. The molecule has 0 radical (unpaired) electrons. The summed E-state index contributed by atoms with van der Waals surface area (Å²) in [5.41, 5.74) is 3.10. The highest BCUT2D eigenvalue weighted by molar-refractivity contribution is 5.33. The first-order valence-corrected chi connectivity index (χ1v) is 8.52. The third kappa shape index (κ3) is 4.53. The summed E-state index contributed by atoms with van der Waals surface area (Å²) < 4.78 is 0. The lowest BCUT2D eigenvalue weighted by Crippen LogP contribution is -2.45. The van der Waals surface area contributed by atoms with E-state index in [1.165, 1.54) is 57.5 Å². The van der Waals surface area contributed by atoms with E-state index in [1.54, 1.807) is 5.56 Å². The molecule has 0 amide bonds. The van der Waals surface area contributed by atoms with Crippen molar-refractivity contribution in [1.29, 1.82) is 0 Å². The Labute approximate surface area is 129 Å². The Kier molecular flexibility index (Phi) is 5.28. The van der Waals surface area contributed by atoms with Crippen molar-refractivity contribution >= 4 is 0 Å². The van der Waals surface area contributed by atoms with Gasteiger partial charge in [-0.3, -0.25) is 0 Å². The summed E-state index contributed by atoms with van der Waals surface area (Å²) in [5, 5.41) is 3.64. The normalized spacial score (nSPS) is 20.8. The van der Waals surface area contributed by atoms with Crippen LogP contribution in [0, 0.1) is 0 Å². The van der Waals surface area contributed by atoms with Crippen LogP contribution >= 0.6 is 0 Å². The second kappa shape index (κ2) is 7.39. The zero-order valence-electron chi connectivity index (χ0n) is 13.4. The van der Waals surface area contributed by atoms with E-state index < -0.39 is 0 Å². The highest BCUT2D eigenvalue weighted by Crippen LogP contribution is 2.41. The lowest BCUT2D eigenvalue weighted by atomic mass is 10.0. The molecule has 0 bridgehead atoms. The second-order valence-electron chi connectivity index (χ2n) is 6.65. The maximum Gasteiger partial charge on any atom is 0.0208 e. The lowest BCUT2D eigenvalue weighted by Gasteiger charge is -2.32. The van der Waals surface area contributed by atoms with Crippen LogP contribution in [0.1, 0.15) is 36.3 Å². The van der Waals surface area contributed by atoms with Crippen molar-refractivity contribution in [3.63, 3.8) is 0 Å². The van der Waals surface area contributed by atoms with Crippen molar-refractivity contribution in [3.05, 3.63) is 35.4 Å². The molecule has 1 aliphatic heterocycles. The topological polar surface area (TPSA) is 18.5 Å². The molecule has 0 unspecified atom stereocenters. The molecule has 1 N–H and O–H groups in total. The number of likely N-dealkylation sites (N-methyl/N-ethyl adjacent to an activating group) is 1. The summed E-state index contributed by atoms with van der Waals surface area (Å²) in [4.78, 5) is 5.02. The second-order valence-corrected chi connectivity index (χ2v) is 6.65. The van der Waals surface area contributed by atoms with E-state index in [4.69, 9.17) is 0 Å². The molecule has 1 aromatic rings. The fourth-order valence-corrected chi connectivity index (χ4v) is 3.21. The van der Waals surface area contributed by atoms with Gasteiger partial charge in [-0.05, 0) is 56.4 Å². The van der Waals surface area contributed by atoms with Crippen LogP contribution in [0.15, 0.2) is 24.3 Å². The fourth-order valence-electron chi connectivity index (χ4n) is 3.21. The van der Waals surface area contributed by atoms with Gasteiger partial charge >= 0.3 is 0 Å². The average Bonchev–Trinajstić information content (AvgIpc) is 3.34. The monoisotopic (exact) mass is 287 g/mol. The Morgan fingerprint density at radius 3 is 2.62 bits per heavy atom. The van der Waals surface area contributed by atoms with Crippen molar-refractivity contribution in [2.45, 2.75) is 31.7 Å². The minimum absolute atomic E-state index is 0.855. The first kappa shape index (κ1) is 15.0. The summed E-state index contributed by atoms with van der Waals surface area (Å²) in [6.07, 6.45) is 4.04. The summed E-state index contributed by atoms with van der Waals surface area (Å²) in [7, 11) is 2.22. The third-order valence-electron chi connectivity index (χ3n) is 4.81. The van der Waals surface area contributed by atoms with E-state index in [2.05, 4.69) is 46.4 Å². The molecule has 3 nitrogen and oxygen atoms in total. The van der Waals surface area contributed by atoms with Crippen molar-refractivity contribution in [2.75, 3.05) is 46.3 Å². The van der Waals surface area contributed by atoms with Gasteiger partial charge in [-0.15, -0.1) is 0 Å². The number of benzene rings is 1. The molecule has 2 fully saturated rings. The minimum atomic E-state index is 0.855. The SMILES string of the molecule is CN1CCN(CCCNCc2ccccc2C2CC2)CC1. The van der Waals surface area contributed by atoms with Crippen LogP contribution in [0.4, 0.5) is 0 Å². The van der Waals surface area contributed by atoms with Crippen LogP contribution in [0.25, 0.3) is 0 Å². The summed E-state index contributed by atoms with van der Waals surface area (Å²) in [6, 6.07) is 8.97. The Morgan fingerprint density at radius 2 is 1.86 bits per heavy atom. The molecule has 1 aliphatic carbocycles. The molecule has 0 aromatic heterocycles. The highest BCUT2D eigenvalue weighted by atomic mass is 15.2. The van der Waals surface area contributed by atoms with Gasteiger partial charge in [0.15, 0.2) is 0 Å². The summed E-state index contributed by atoms with van der Waals surface area (Å²) in [5.74, 6) is 0.855. The van der Waals surface area contributed by atoms with Gasteiger partial charge in [-0.25, -0.2) is 0 Å². The molecule has 0 atom stereocenters. The standard InChI is InChI=1S/C18H29N3/c1-20-11-13-21(14-12-20)10-4-9-19-15-17-5-2-3-6-18(17)16-7-8-16/h2-3,5-6,16,19H,4,7-15H2,1H3. The first-order chi connectivity index (χ1) is 10.3. The van der Waals surface area contributed by atoms with Gasteiger partial charge < -0.3 is 15.1 Å². The quantitative estimate of drug-likeness (QED) is 0.776. The first-order valence-electron chi connectivity index (χ1n) is 8.52. The Morgan fingerprint density at radius 1 is 1.10 bits per heavy atom. The van der Waals surface area contributed by atoms with E-state index >= 15 is 0 Å². The third-order valence-corrected chi connectivity index (χ3v) is 4.81. The molecule has 1 heterocycles. The van der Waals surface area contributed by atoms with Crippen molar-refractivity contribution in [1.82, 2.24) is 15.1 Å². The molecular weight excluding hydrogens is 258 g/mol. The molecule has 2 aliphatic rings. The Bertz CT molecular complexity index is 434. The molecule has 3 rings (SSSR count). The Balaban J connectivity index is 1.33. The zero-order valence-corrected chi connectivity index (χ0v) is 13.4. The van der Waals surface area contributed by atoms with Gasteiger partial charge in [0.2, 0.25) is 0 Å². The Hall–Kier alpha value is -0.900.